The number of piperazine rings is 1. The summed E-state index contributed by atoms with van der Waals surface area (Å²) in [5.74, 6) is -0.0457. The zero-order chi connectivity index (χ0) is 24.2. The fourth-order valence-corrected chi connectivity index (χ4v) is 4.72. The summed E-state index contributed by atoms with van der Waals surface area (Å²) in [4.78, 5) is 22.2. The number of anilines is 1. The Hall–Kier alpha value is -3.65. The average Bonchev–Trinajstić information content (AvgIpc) is 3.31. The van der Waals surface area contributed by atoms with E-state index in [1.54, 1.807) is 10.9 Å². The average molecular weight is 473 g/mol. The van der Waals surface area contributed by atoms with Crippen LogP contribution in [0.3, 0.4) is 0 Å². The summed E-state index contributed by atoms with van der Waals surface area (Å²) in [6.45, 7) is 6.77. The predicted octanol–water partition coefficient (Wildman–Crippen LogP) is 4.44. The van der Waals surface area contributed by atoms with Gasteiger partial charge in [0.05, 0.1) is 5.69 Å². The highest BCUT2D eigenvalue weighted by atomic mass is 19.1. The van der Waals surface area contributed by atoms with Crippen molar-refractivity contribution in [1.29, 1.82) is 0 Å². The molecule has 35 heavy (non-hydrogen) atoms. The number of hydrogen-bond acceptors (Lipinski definition) is 6. The van der Waals surface area contributed by atoms with Crippen molar-refractivity contribution in [2.24, 2.45) is 0 Å². The molecule has 2 aromatic heterocycles. The molecule has 0 bridgehead atoms. The summed E-state index contributed by atoms with van der Waals surface area (Å²) < 4.78 is 14.9. The molecule has 0 spiro atoms. The van der Waals surface area contributed by atoms with Gasteiger partial charge in [0.15, 0.2) is 11.4 Å². The number of nitrogens with zero attached hydrogens (tertiary/aromatic N) is 6. The van der Waals surface area contributed by atoms with E-state index in [0.717, 1.165) is 73.6 Å². The van der Waals surface area contributed by atoms with Crippen LogP contribution in [0.4, 0.5) is 10.1 Å². The molecule has 0 radical (unpaired) electrons. The fourth-order valence-electron chi connectivity index (χ4n) is 4.72. The highest BCUT2D eigenvalue weighted by molar-refractivity contribution is 5.98. The number of ketones is 1. The molecule has 0 N–H and O–H groups in total. The first-order chi connectivity index (χ1) is 17.1. The normalized spacial score (nSPS) is 14.5. The zero-order valence-electron chi connectivity index (χ0n) is 19.9. The second kappa shape index (κ2) is 10.3. The van der Waals surface area contributed by atoms with Crippen LogP contribution in [0, 0.1) is 12.7 Å². The van der Waals surface area contributed by atoms with Gasteiger partial charge in [0, 0.05) is 50.0 Å². The molecule has 1 saturated heterocycles. The number of halogens is 1. The smallest absolute Gasteiger partial charge is 0.183 e. The van der Waals surface area contributed by atoms with Crippen molar-refractivity contribution < 1.29 is 9.18 Å². The van der Waals surface area contributed by atoms with Crippen molar-refractivity contribution in [3.63, 3.8) is 0 Å². The number of aromatic nitrogens is 4. The van der Waals surface area contributed by atoms with E-state index in [-0.39, 0.29) is 11.6 Å². The molecular weight excluding hydrogens is 443 g/mol. The molecule has 0 amide bonds. The monoisotopic (exact) mass is 472 g/mol. The number of carbonyl (C=O) groups excluding carboxylic acids is 1. The molecule has 1 fully saturated rings. The molecule has 8 heteroatoms. The molecule has 2 aromatic carbocycles. The number of pyridine rings is 1. The van der Waals surface area contributed by atoms with E-state index in [1.807, 2.05) is 49.4 Å². The number of hydrogen-bond donors (Lipinski definition) is 0. The summed E-state index contributed by atoms with van der Waals surface area (Å²) in [5.41, 5.74) is 4.93. The second-order valence-electron chi connectivity index (χ2n) is 8.98. The molecular formula is C27H29FN6O. The third-order valence-electron chi connectivity index (χ3n) is 6.73. The van der Waals surface area contributed by atoms with Gasteiger partial charge in [-0.25, -0.2) is 9.37 Å². The Kier molecular flexibility index (Phi) is 6.81. The van der Waals surface area contributed by atoms with Gasteiger partial charge in [-0.05, 0) is 74.3 Å². The molecule has 0 unspecified atom stereocenters. The molecule has 3 heterocycles. The van der Waals surface area contributed by atoms with Crippen LogP contribution in [0.5, 0.6) is 0 Å². The Morgan fingerprint density at radius 3 is 2.57 bits per heavy atom. The van der Waals surface area contributed by atoms with Gasteiger partial charge in [-0.1, -0.05) is 17.3 Å². The van der Waals surface area contributed by atoms with Gasteiger partial charge in [0.1, 0.15) is 11.3 Å². The van der Waals surface area contributed by atoms with Crippen molar-refractivity contribution in [3.8, 4) is 5.69 Å². The Labute approximate surface area is 204 Å². The third kappa shape index (κ3) is 5.07. The standard InChI is InChI=1S/C27H29FN6O/c1-20-23(6-4-8-25(20)34-27-24(30-31-34)7-5-14-29-27)26(35)9-2-3-15-32-16-18-33(19-17-32)22-12-10-21(28)11-13-22/h4-8,10-14H,2-3,9,15-19H2,1H3. The number of rotatable bonds is 8. The molecule has 1 aliphatic rings. The van der Waals surface area contributed by atoms with Crippen LogP contribution in [0.15, 0.2) is 60.8 Å². The summed E-state index contributed by atoms with van der Waals surface area (Å²) in [5, 5.41) is 8.43. The van der Waals surface area contributed by atoms with E-state index in [1.165, 1.54) is 12.1 Å². The van der Waals surface area contributed by atoms with Gasteiger partial charge < -0.3 is 4.90 Å². The largest absolute Gasteiger partial charge is 0.369 e. The highest BCUT2D eigenvalue weighted by Crippen LogP contribution is 2.22. The lowest BCUT2D eigenvalue weighted by molar-refractivity contribution is 0.0977. The van der Waals surface area contributed by atoms with Gasteiger partial charge >= 0.3 is 0 Å². The first-order valence-corrected chi connectivity index (χ1v) is 12.1. The van der Waals surface area contributed by atoms with E-state index in [9.17, 15) is 9.18 Å². The number of unbranched alkanes of at least 4 members (excludes halogenated alkanes) is 1. The Bertz CT molecular complexity index is 1310. The van der Waals surface area contributed by atoms with Crippen molar-refractivity contribution >= 4 is 22.6 Å². The fraction of sp³-hybridized carbons (Fsp3) is 0.333. The maximum atomic E-state index is 13.2. The molecule has 1 aliphatic heterocycles. The van der Waals surface area contributed by atoms with Crippen molar-refractivity contribution in [2.45, 2.75) is 26.2 Å². The van der Waals surface area contributed by atoms with Gasteiger partial charge in [-0.3, -0.25) is 9.69 Å². The van der Waals surface area contributed by atoms with Crippen molar-refractivity contribution in [2.75, 3.05) is 37.6 Å². The second-order valence-corrected chi connectivity index (χ2v) is 8.98. The highest BCUT2D eigenvalue weighted by Gasteiger charge is 2.18. The molecule has 0 aliphatic carbocycles. The molecule has 7 nitrogen and oxygen atoms in total. The molecule has 4 aromatic rings. The minimum Gasteiger partial charge on any atom is -0.369 e. The topological polar surface area (TPSA) is 67.2 Å². The first kappa shape index (κ1) is 23.1. The lowest BCUT2D eigenvalue weighted by Gasteiger charge is -2.36. The summed E-state index contributed by atoms with van der Waals surface area (Å²) in [7, 11) is 0. The number of benzene rings is 2. The van der Waals surface area contributed by atoms with Crippen LogP contribution in [-0.2, 0) is 0 Å². The van der Waals surface area contributed by atoms with Crippen LogP contribution in [0.25, 0.3) is 16.9 Å². The Morgan fingerprint density at radius 1 is 0.971 bits per heavy atom. The Morgan fingerprint density at radius 2 is 1.77 bits per heavy atom. The number of Topliss-reactive ketones (excluding diaryl/α,β-unsaturated/α-hetero) is 1. The quantitative estimate of drug-likeness (QED) is 0.279. The summed E-state index contributed by atoms with van der Waals surface area (Å²) in [6, 6.07) is 16.2. The minimum absolute atomic E-state index is 0.155. The van der Waals surface area contributed by atoms with Crippen molar-refractivity contribution in [3.05, 3.63) is 77.7 Å². The van der Waals surface area contributed by atoms with Crippen LogP contribution < -0.4 is 4.90 Å². The van der Waals surface area contributed by atoms with E-state index >= 15 is 0 Å². The van der Waals surface area contributed by atoms with E-state index in [0.29, 0.717) is 12.1 Å². The van der Waals surface area contributed by atoms with Crippen LogP contribution >= 0.6 is 0 Å². The predicted molar refractivity (Wildman–Crippen MR) is 135 cm³/mol. The molecule has 5 rings (SSSR count). The van der Waals surface area contributed by atoms with Crippen LogP contribution in [-0.4, -0.2) is 63.4 Å². The Balaban J connectivity index is 1.12. The van der Waals surface area contributed by atoms with Crippen molar-refractivity contribution in [1.82, 2.24) is 24.9 Å². The molecule has 0 saturated carbocycles. The van der Waals surface area contributed by atoms with E-state index < -0.39 is 0 Å². The van der Waals surface area contributed by atoms with Gasteiger partial charge in [-0.15, -0.1) is 5.10 Å². The van der Waals surface area contributed by atoms with Gasteiger partial charge in [0.25, 0.3) is 0 Å². The van der Waals surface area contributed by atoms with E-state index in [2.05, 4.69) is 25.1 Å². The number of fused-ring (bicyclic) bond motifs is 1. The third-order valence-corrected chi connectivity index (χ3v) is 6.73. The first-order valence-electron chi connectivity index (χ1n) is 12.1. The van der Waals surface area contributed by atoms with Gasteiger partial charge in [-0.2, -0.15) is 4.68 Å². The van der Waals surface area contributed by atoms with E-state index in [4.69, 9.17) is 0 Å². The summed E-state index contributed by atoms with van der Waals surface area (Å²) in [6.07, 6.45) is 4.08. The lowest BCUT2D eigenvalue weighted by atomic mass is 9.99. The van der Waals surface area contributed by atoms with Crippen LogP contribution in [0.2, 0.25) is 0 Å². The van der Waals surface area contributed by atoms with Gasteiger partial charge in [0.2, 0.25) is 0 Å². The SMILES string of the molecule is Cc1c(C(=O)CCCCN2CCN(c3ccc(F)cc3)CC2)cccc1-n1nnc2cccnc21. The molecule has 0 atom stereocenters. The summed E-state index contributed by atoms with van der Waals surface area (Å²) >= 11 is 0. The number of carbonyl (C=O) groups is 1. The maximum absolute atomic E-state index is 13.2. The molecule has 180 valence electrons. The van der Waals surface area contributed by atoms with Crippen LogP contribution in [0.1, 0.15) is 35.2 Å². The maximum Gasteiger partial charge on any atom is 0.183 e. The minimum atomic E-state index is -0.201. The lowest BCUT2D eigenvalue weighted by Crippen LogP contribution is -2.46. The zero-order valence-corrected chi connectivity index (χ0v) is 19.9.